The van der Waals surface area contributed by atoms with E-state index in [1.807, 2.05) is 0 Å². The van der Waals surface area contributed by atoms with Crippen molar-refractivity contribution in [2.45, 2.75) is 50.2 Å². The molecule has 0 spiro atoms. The van der Waals surface area contributed by atoms with E-state index in [0.29, 0.717) is 6.07 Å². The van der Waals surface area contributed by atoms with Gasteiger partial charge in [0, 0.05) is 23.5 Å². The van der Waals surface area contributed by atoms with Gasteiger partial charge in [0.25, 0.3) is 5.91 Å². The Morgan fingerprint density at radius 3 is 2.51 bits per heavy atom. The van der Waals surface area contributed by atoms with E-state index in [1.54, 1.807) is 0 Å². The molecule has 2 heterocycles. The first-order valence-electron chi connectivity index (χ1n) is 10.4. The van der Waals surface area contributed by atoms with Crippen LogP contribution in [0.15, 0.2) is 24.5 Å². The lowest BCUT2D eigenvalue weighted by molar-refractivity contribution is -0.272. The molecular weight excluding hydrogens is 484 g/mol. The van der Waals surface area contributed by atoms with Gasteiger partial charge in [0.15, 0.2) is 17.2 Å². The Morgan fingerprint density at radius 2 is 1.94 bits per heavy atom. The molecule has 1 fully saturated rings. The van der Waals surface area contributed by atoms with Crippen LogP contribution in [0.2, 0.25) is 0 Å². The number of alkyl halides is 4. The number of nitrogens with zero attached hydrogens (tertiary/aromatic N) is 2. The minimum atomic E-state index is -4.92. The van der Waals surface area contributed by atoms with Crippen LogP contribution in [0.5, 0.6) is 5.75 Å². The molecule has 2 N–H and O–H groups in total. The second-order valence-corrected chi connectivity index (χ2v) is 8.63. The maximum Gasteiger partial charge on any atom is 0.417 e. The van der Waals surface area contributed by atoms with E-state index in [2.05, 4.69) is 15.3 Å². The van der Waals surface area contributed by atoms with Crippen molar-refractivity contribution in [3.8, 4) is 5.75 Å². The summed E-state index contributed by atoms with van der Waals surface area (Å²) in [5, 5.41) is 12.3. The summed E-state index contributed by atoms with van der Waals surface area (Å²) in [6.45, 7) is 1.85. The summed E-state index contributed by atoms with van der Waals surface area (Å²) in [4.78, 5) is 20.6. The monoisotopic (exact) mass is 507 g/mol. The van der Waals surface area contributed by atoms with Gasteiger partial charge in [0.05, 0.1) is 12.8 Å². The lowest BCUT2D eigenvalue weighted by Gasteiger charge is -2.32. The summed E-state index contributed by atoms with van der Waals surface area (Å²) < 4.78 is 93.4. The van der Waals surface area contributed by atoms with E-state index < -0.39 is 65.3 Å². The van der Waals surface area contributed by atoms with Crippen molar-refractivity contribution in [2.75, 3.05) is 19.1 Å². The van der Waals surface area contributed by atoms with E-state index in [4.69, 9.17) is 9.47 Å². The minimum Gasteiger partial charge on any atom is -0.493 e. The third kappa shape index (κ3) is 4.66. The van der Waals surface area contributed by atoms with Crippen molar-refractivity contribution in [3.05, 3.63) is 47.4 Å². The number of carbonyl (C=O) groups excluding carboxylic acids is 1. The van der Waals surface area contributed by atoms with Crippen LogP contribution in [0.4, 0.5) is 32.2 Å². The van der Waals surface area contributed by atoms with Gasteiger partial charge in [-0.25, -0.2) is 18.7 Å². The van der Waals surface area contributed by atoms with Crippen LogP contribution in [-0.2, 0) is 15.1 Å². The Labute approximate surface area is 196 Å². The van der Waals surface area contributed by atoms with Gasteiger partial charge in [-0.1, -0.05) is 13.0 Å². The molecule has 1 aliphatic heterocycles. The molecule has 35 heavy (non-hydrogen) atoms. The van der Waals surface area contributed by atoms with E-state index in [9.17, 15) is 36.2 Å². The van der Waals surface area contributed by atoms with Gasteiger partial charge in [-0.05, 0) is 19.9 Å². The number of rotatable bonds is 6. The smallest absolute Gasteiger partial charge is 0.417 e. The molecular formula is C22H23F6N3O4. The summed E-state index contributed by atoms with van der Waals surface area (Å²) in [5.41, 5.74) is -5.22. The summed E-state index contributed by atoms with van der Waals surface area (Å²) in [6, 6.07) is 2.80. The fraction of sp³-hybridized carbons (Fsp3) is 0.500. The summed E-state index contributed by atoms with van der Waals surface area (Å²) >= 11 is 0. The van der Waals surface area contributed by atoms with Crippen LogP contribution in [0, 0.1) is 17.6 Å². The number of hydrogen-bond acceptors (Lipinski definition) is 6. The number of benzene rings is 1. The number of aromatic nitrogens is 2. The zero-order valence-corrected chi connectivity index (χ0v) is 19.1. The zero-order valence-electron chi connectivity index (χ0n) is 19.1. The molecule has 1 saturated heterocycles. The predicted molar refractivity (Wildman–Crippen MR) is 110 cm³/mol. The van der Waals surface area contributed by atoms with Gasteiger partial charge in [-0.15, -0.1) is 0 Å². The highest BCUT2D eigenvalue weighted by Crippen LogP contribution is 2.55. The summed E-state index contributed by atoms with van der Waals surface area (Å²) in [5.74, 6) is -7.56. The number of ether oxygens (including phenoxy) is 2. The number of methoxy groups -OCH3 is 1. The van der Waals surface area contributed by atoms with Crippen molar-refractivity contribution >= 4 is 11.7 Å². The van der Waals surface area contributed by atoms with Gasteiger partial charge in [0.1, 0.15) is 30.5 Å². The average molecular weight is 507 g/mol. The third-order valence-corrected chi connectivity index (χ3v) is 6.30. The van der Waals surface area contributed by atoms with Crippen LogP contribution in [0.1, 0.15) is 37.9 Å². The first-order valence-corrected chi connectivity index (χ1v) is 10.4. The van der Waals surface area contributed by atoms with Crippen molar-refractivity contribution < 1.29 is 45.7 Å². The summed E-state index contributed by atoms with van der Waals surface area (Å²) in [7, 11) is 1.01. The first kappa shape index (κ1) is 26.7. The zero-order chi connectivity index (χ0) is 26.3. The van der Waals surface area contributed by atoms with Crippen molar-refractivity contribution in [1.29, 1.82) is 0 Å². The molecule has 1 amide bonds. The quantitative estimate of drug-likeness (QED) is 0.574. The molecule has 0 radical (unpaired) electrons. The van der Waals surface area contributed by atoms with E-state index >= 15 is 0 Å². The van der Waals surface area contributed by atoms with Crippen LogP contribution in [0.25, 0.3) is 0 Å². The molecule has 2 aromatic rings. The highest BCUT2D eigenvalue weighted by Gasteiger charge is 2.66. The van der Waals surface area contributed by atoms with Gasteiger partial charge < -0.3 is 19.9 Å². The Kier molecular flexibility index (Phi) is 7.06. The van der Waals surface area contributed by atoms with E-state index in [0.717, 1.165) is 39.4 Å². The molecule has 0 aliphatic carbocycles. The molecule has 1 aliphatic rings. The maximum atomic E-state index is 14.4. The molecule has 1 aromatic carbocycles. The third-order valence-electron chi connectivity index (χ3n) is 6.30. The van der Waals surface area contributed by atoms with Gasteiger partial charge in [0.2, 0.25) is 5.82 Å². The Balaban J connectivity index is 2.06. The highest BCUT2D eigenvalue weighted by atomic mass is 19.4. The number of hydrogen-bond donors (Lipinski definition) is 2. The number of halogens is 6. The highest BCUT2D eigenvalue weighted by molar-refractivity contribution is 5.94. The number of nitrogens with one attached hydrogen (secondary N) is 1. The average Bonchev–Trinajstić information content (AvgIpc) is 3.07. The second kappa shape index (κ2) is 9.26. The fourth-order valence-electron chi connectivity index (χ4n) is 4.03. The van der Waals surface area contributed by atoms with Crippen LogP contribution in [0.3, 0.4) is 0 Å². The van der Waals surface area contributed by atoms with E-state index in [1.165, 1.54) is 6.92 Å². The molecule has 7 nitrogen and oxygen atoms in total. The normalized spacial score (nSPS) is 26.3. The van der Waals surface area contributed by atoms with Gasteiger partial charge in [-0.3, -0.25) is 4.79 Å². The fourth-order valence-corrected chi connectivity index (χ4v) is 4.03. The Morgan fingerprint density at radius 1 is 1.29 bits per heavy atom. The number of carbonyl (C=O) groups is 1. The SMILES string of the molecule is COc1c([C@H]2[C@H](C(=O)Nc3cc([C@@](C)(O)CF)ncn3)O[C@@](C)(C(F)(F)F)[C@H]2C)ccc(F)c1F. The standard InChI is InChI=1S/C22H23F6N3O4/c1-10-15(11-5-6-12(24)16(25)17(11)34-4)18(35-21(10,3)22(26,27)28)19(32)31-14-7-13(29-9-30-14)20(2,33)8-23/h5-7,9-10,15,18,33H,8H2,1-4H3,(H,29,30,31,32)/t10-,15-,18+,20-,21+/m0/s1. The van der Waals surface area contributed by atoms with Crippen molar-refractivity contribution in [1.82, 2.24) is 9.97 Å². The number of amides is 1. The molecule has 0 bridgehead atoms. The minimum absolute atomic E-state index is 0.190. The summed E-state index contributed by atoms with van der Waals surface area (Å²) in [6.07, 6.45) is -5.84. The largest absolute Gasteiger partial charge is 0.493 e. The molecule has 192 valence electrons. The van der Waals surface area contributed by atoms with Crippen LogP contribution in [-0.4, -0.2) is 52.6 Å². The number of anilines is 1. The Bertz CT molecular complexity index is 1110. The van der Waals surface area contributed by atoms with Crippen LogP contribution >= 0.6 is 0 Å². The molecule has 0 unspecified atom stereocenters. The topological polar surface area (TPSA) is 93.6 Å². The lowest BCUT2D eigenvalue weighted by atomic mass is 9.77. The molecule has 13 heteroatoms. The van der Waals surface area contributed by atoms with Gasteiger partial charge in [-0.2, -0.15) is 17.6 Å². The first-order chi connectivity index (χ1) is 16.2. The van der Waals surface area contributed by atoms with E-state index in [-0.39, 0.29) is 17.1 Å². The van der Waals surface area contributed by atoms with Crippen LogP contribution < -0.4 is 10.1 Å². The maximum absolute atomic E-state index is 14.4. The number of aliphatic hydroxyl groups is 1. The Hall–Kier alpha value is -2.93. The van der Waals surface area contributed by atoms with Crippen molar-refractivity contribution in [2.24, 2.45) is 5.92 Å². The van der Waals surface area contributed by atoms with Gasteiger partial charge >= 0.3 is 6.18 Å². The molecule has 3 rings (SSSR count). The molecule has 1 aromatic heterocycles. The predicted octanol–water partition coefficient (Wildman–Crippen LogP) is 4.02. The second-order valence-electron chi connectivity index (χ2n) is 8.63. The molecule has 0 saturated carbocycles. The van der Waals surface area contributed by atoms with Crippen molar-refractivity contribution in [3.63, 3.8) is 0 Å². The molecule has 5 atom stereocenters. The lowest BCUT2D eigenvalue weighted by Crippen LogP contribution is -2.47.